The Morgan fingerprint density at radius 1 is 1.15 bits per heavy atom. The van der Waals surface area contributed by atoms with Gasteiger partial charge in [-0.3, -0.25) is 4.57 Å². The minimum atomic E-state index is -1.69. The maximum atomic E-state index is 13.9. The van der Waals surface area contributed by atoms with Crippen molar-refractivity contribution in [1.82, 2.24) is 19.5 Å². The fraction of sp³-hybridized carbons (Fsp3) is 0.654. The largest absolute Gasteiger partial charge is 0.508 e. The van der Waals surface area contributed by atoms with E-state index in [2.05, 4.69) is 20.9 Å². The molecule has 2 N–H and O–H groups in total. The third-order valence-corrected chi connectivity index (χ3v) is 8.44. The molecule has 1 aliphatic heterocycles. The molecule has 5 aliphatic rings. The predicted octanol–water partition coefficient (Wildman–Crippen LogP) is 3.50. The van der Waals surface area contributed by atoms with Gasteiger partial charge in [0.1, 0.15) is 18.4 Å². The number of imidazole rings is 1. The Balaban J connectivity index is 1.21. The number of nitrogens with zero attached hydrogens (tertiary/aromatic N) is 4. The van der Waals surface area contributed by atoms with Crippen molar-refractivity contribution in [3.63, 3.8) is 0 Å². The molecule has 13 heteroatoms. The van der Waals surface area contributed by atoms with Crippen LogP contribution in [0.3, 0.4) is 0 Å². The first-order chi connectivity index (χ1) is 18.7. The van der Waals surface area contributed by atoms with Gasteiger partial charge >= 0.3 is 18.4 Å². The lowest BCUT2D eigenvalue weighted by Crippen LogP contribution is -2.53. The van der Waals surface area contributed by atoms with Crippen LogP contribution in [-0.4, -0.2) is 62.3 Å². The van der Waals surface area contributed by atoms with E-state index >= 15 is 0 Å². The summed E-state index contributed by atoms with van der Waals surface area (Å²) in [6.45, 7) is 1.26. The van der Waals surface area contributed by atoms with E-state index < -0.39 is 48.5 Å². The molecule has 5 fully saturated rings. The first-order valence-corrected chi connectivity index (χ1v) is 13.2. The number of fused-ring (bicyclic) bond motifs is 1. The van der Waals surface area contributed by atoms with E-state index in [1.807, 2.05) is 0 Å². The number of aromatic nitrogens is 4. The van der Waals surface area contributed by atoms with Crippen LogP contribution in [0, 0.1) is 36.2 Å². The Morgan fingerprint density at radius 3 is 2.49 bits per heavy atom. The summed E-state index contributed by atoms with van der Waals surface area (Å²) in [6, 6.07) is 0. The lowest BCUT2D eigenvalue weighted by Gasteiger charge is -2.55. The molecule has 2 aromatic heterocycles. The number of halogens is 1. The molecule has 0 radical (unpaired) electrons. The Morgan fingerprint density at radius 2 is 1.85 bits per heavy atom. The zero-order valence-electron chi connectivity index (χ0n) is 21.5. The minimum Gasteiger partial charge on any atom is -0.435 e. The van der Waals surface area contributed by atoms with Crippen molar-refractivity contribution in [2.75, 3.05) is 18.9 Å². The van der Waals surface area contributed by atoms with Crippen molar-refractivity contribution >= 4 is 29.3 Å². The van der Waals surface area contributed by atoms with Crippen LogP contribution in [0.25, 0.3) is 11.2 Å². The van der Waals surface area contributed by atoms with Gasteiger partial charge in [-0.1, -0.05) is 5.92 Å². The third kappa shape index (κ3) is 4.60. The summed E-state index contributed by atoms with van der Waals surface area (Å²) >= 11 is 0. The number of hydrogen-bond acceptors (Lipinski definition) is 11. The molecule has 12 nitrogen and oxygen atoms in total. The van der Waals surface area contributed by atoms with Gasteiger partial charge in [-0.05, 0) is 63.2 Å². The molecule has 4 saturated carbocycles. The van der Waals surface area contributed by atoms with E-state index in [9.17, 15) is 14.0 Å². The monoisotopic (exact) mass is 543 g/mol. The highest BCUT2D eigenvalue weighted by molar-refractivity contribution is 5.81. The van der Waals surface area contributed by atoms with Gasteiger partial charge in [0.2, 0.25) is 5.60 Å². The van der Waals surface area contributed by atoms with E-state index in [1.54, 1.807) is 6.92 Å². The number of rotatable bonds is 6. The van der Waals surface area contributed by atoms with Gasteiger partial charge < -0.3 is 29.4 Å². The SMILES string of the molecule is C#C[C@]1(COC(=O)OC23CC4CC(CC(C4)C2)C3)O[C@@H](n2cnc3c(N)nc(F)nc32)C[C@@H]1OC(=O)OCC. The summed E-state index contributed by atoms with van der Waals surface area (Å²) in [7, 11) is 0. The quantitative estimate of drug-likeness (QED) is 0.324. The summed E-state index contributed by atoms with van der Waals surface area (Å²) in [5.41, 5.74) is 3.82. The third-order valence-electron chi connectivity index (χ3n) is 8.44. The van der Waals surface area contributed by atoms with Crippen LogP contribution in [0.2, 0.25) is 0 Å². The van der Waals surface area contributed by atoms with Gasteiger partial charge in [-0.15, -0.1) is 6.42 Å². The fourth-order valence-corrected chi connectivity index (χ4v) is 7.27. The highest BCUT2D eigenvalue weighted by Crippen LogP contribution is 2.57. The Bertz CT molecular complexity index is 1310. The number of ether oxygens (including phenoxy) is 5. The van der Waals surface area contributed by atoms with Gasteiger partial charge in [-0.25, -0.2) is 14.6 Å². The molecule has 7 rings (SSSR count). The van der Waals surface area contributed by atoms with Gasteiger partial charge in [0.05, 0.1) is 12.9 Å². The Kier molecular flexibility index (Phi) is 6.25. The molecule has 0 amide bonds. The van der Waals surface area contributed by atoms with Gasteiger partial charge in [0, 0.05) is 6.42 Å². The molecule has 3 atom stereocenters. The standard InChI is InChI=1S/C26H30FN5O7/c1-3-26(12-36-24(34)39-25-9-14-5-15(10-25)7-16(6-14)11-25)17(37-23(33)35-4-2)8-18(38-26)32-13-29-19-20(28)30-22(27)31-21(19)32/h1,13-18H,4-12H2,2H3,(H2,28,30,31)/t14?,15?,16?,17-,18+,25?,26+/m0/s1. The number of carbonyl (C=O) groups is 2. The number of nitrogen functional groups attached to an aromatic ring is 1. The molecule has 0 aromatic carbocycles. The molecule has 4 bridgehead atoms. The summed E-state index contributed by atoms with van der Waals surface area (Å²) < 4.78 is 43.4. The van der Waals surface area contributed by atoms with Crippen LogP contribution in [0.15, 0.2) is 6.33 Å². The van der Waals surface area contributed by atoms with Gasteiger partial charge in [0.15, 0.2) is 23.1 Å². The zero-order chi connectivity index (χ0) is 27.4. The van der Waals surface area contributed by atoms with Crippen molar-refractivity contribution in [2.24, 2.45) is 17.8 Å². The summed E-state index contributed by atoms with van der Waals surface area (Å²) in [6.07, 6.45) is 8.52. The lowest BCUT2D eigenvalue weighted by molar-refractivity contribution is -0.152. The maximum Gasteiger partial charge on any atom is 0.508 e. The van der Waals surface area contributed by atoms with Crippen molar-refractivity contribution < 1.29 is 37.7 Å². The van der Waals surface area contributed by atoms with E-state index in [1.165, 1.54) is 30.2 Å². The van der Waals surface area contributed by atoms with Crippen LogP contribution in [0.1, 0.15) is 58.1 Å². The number of nitrogens with two attached hydrogens (primary N) is 1. The maximum absolute atomic E-state index is 13.9. The first kappa shape index (κ1) is 25.6. The number of carbonyl (C=O) groups excluding carboxylic acids is 2. The van der Waals surface area contributed by atoms with Crippen molar-refractivity contribution in [3.8, 4) is 12.3 Å². The second-order valence-electron chi connectivity index (χ2n) is 11.1. The van der Waals surface area contributed by atoms with Crippen LogP contribution >= 0.6 is 0 Å². The van der Waals surface area contributed by atoms with Crippen molar-refractivity contribution in [2.45, 2.75) is 75.4 Å². The Labute approximate surface area is 223 Å². The first-order valence-electron chi connectivity index (χ1n) is 13.2. The highest BCUT2D eigenvalue weighted by Gasteiger charge is 2.55. The number of hydrogen-bond donors (Lipinski definition) is 1. The second kappa shape index (κ2) is 9.51. The summed E-state index contributed by atoms with van der Waals surface area (Å²) in [5.74, 6) is 4.09. The molecule has 4 aliphatic carbocycles. The molecule has 1 saturated heterocycles. The number of terminal acetylenes is 1. The van der Waals surface area contributed by atoms with E-state index in [0.717, 1.165) is 19.3 Å². The summed E-state index contributed by atoms with van der Waals surface area (Å²) in [4.78, 5) is 36.6. The molecule has 0 unspecified atom stereocenters. The predicted molar refractivity (Wildman–Crippen MR) is 131 cm³/mol. The average molecular weight is 544 g/mol. The summed E-state index contributed by atoms with van der Waals surface area (Å²) in [5, 5.41) is 0. The van der Waals surface area contributed by atoms with Crippen molar-refractivity contribution in [1.29, 1.82) is 0 Å². The zero-order valence-corrected chi connectivity index (χ0v) is 21.5. The van der Waals surface area contributed by atoms with Gasteiger partial charge in [0.25, 0.3) is 0 Å². The van der Waals surface area contributed by atoms with E-state index in [0.29, 0.717) is 17.8 Å². The highest BCUT2D eigenvalue weighted by atomic mass is 19.1. The average Bonchev–Trinajstić information content (AvgIpc) is 3.44. The number of anilines is 1. The second-order valence-corrected chi connectivity index (χ2v) is 11.1. The molecular formula is C26H30FN5O7. The molecular weight excluding hydrogens is 513 g/mol. The molecule has 3 heterocycles. The van der Waals surface area contributed by atoms with Crippen LogP contribution in [0.4, 0.5) is 19.8 Å². The molecule has 208 valence electrons. The molecule has 0 spiro atoms. The van der Waals surface area contributed by atoms with Crippen LogP contribution in [0.5, 0.6) is 0 Å². The topological polar surface area (TPSA) is 150 Å². The van der Waals surface area contributed by atoms with Gasteiger partial charge in [-0.2, -0.15) is 14.4 Å². The van der Waals surface area contributed by atoms with E-state index in [-0.39, 0.29) is 30.0 Å². The van der Waals surface area contributed by atoms with Crippen molar-refractivity contribution in [3.05, 3.63) is 12.4 Å². The Hall–Kier alpha value is -3.66. The fourth-order valence-electron chi connectivity index (χ4n) is 7.27. The normalized spacial score (nSPS) is 34.5. The van der Waals surface area contributed by atoms with Crippen LogP contribution < -0.4 is 5.73 Å². The van der Waals surface area contributed by atoms with E-state index in [4.69, 9.17) is 35.8 Å². The smallest absolute Gasteiger partial charge is 0.435 e. The molecule has 39 heavy (non-hydrogen) atoms. The lowest BCUT2D eigenvalue weighted by atomic mass is 9.54. The van der Waals surface area contributed by atoms with Crippen LogP contribution in [-0.2, 0) is 23.7 Å². The molecule has 2 aromatic rings. The minimum absolute atomic E-state index is 0.00733.